The number of hydrogen-bond acceptors (Lipinski definition) is 3. The molecule has 0 spiro atoms. The number of unbranched alkanes of at least 4 members (excludes halogenated alkanes) is 2. The van der Waals surface area contributed by atoms with Gasteiger partial charge in [-0.3, -0.25) is 10.1 Å². The number of benzene rings is 1. The molecule has 0 amide bonds. The van der Waals surface area contributed by atoms with Gasteiger partial charge in [0.1, 0.15) is 5.69 Å². The minimum atomic E-state index is -0.305. The van der Waals surface area contributed by atoms with E-state index in [0.29, 0.717) is 5.92 Å². The molecule has 0 saturated carbocycles. The maximum absolute atomic E-state index is 10.9. The molecule has 1 aliphatic heterocycles. The number of anilines is 1. The Balaban J connectivity index is 2.15. The molecular weight excluding hydrogens is 216 g/mol. The molecule has 0 aliphatic carbocycles. The van der Waals surface area contributed by atoms with Crippen molar-refractivity contribution in [3.63, 3.8) is 0 Å². The molecule has 0 radical (unpaired) electrons. The van der Waals surface area contributed by atoms with Gasteiger partial charge in [0.15, 0.2) is 0 Å². The zero-order chi connectivity index (χ0) is 12.3. The Bertz CT molecular complexity index is 418. The molecule has 1 N–H and O–H groups in total. The SMILES string of the molecule is CCCCCC1CNc2c1cccc2[N+](=O)[O-]. The molecule has 0 fully saturated rings. The standard InChI is InChI=1S/C13H18N2O2/c1-2-3-4-6-10-9-14-13-11(10)7-5-8-12(13)15(16)17/h5,7-8,10,14H,2-4,6,9H2,1H3. The topological polar surface area (TPSA) is 55.2 Å². The number of hydrogen-bond donors (Lipinski definition) is 1. The summed E-state index contributed by atoms with van der Waals surface area (Å²) in [5.41, 5.74) is 2.06. The van der Waals surface area contributed by atoms with Gasteiger partial charge in [0.05, 0.1) is 4.92 Å². The van der Waals surface area contributed by atoms with Crippen LogP contribution in [0.15, 0.2) is 18.2 Å². The quantitative estimate of drug-likeness (QED) is 0.480. The number of nitro benzene ring substituents is 1. The minimum absolute atomic E-state index is 0.209. The summed E-state index contributed by atoms with van der Waals surface area (Å²) in [6.45, 7) is 3.02. The van der Waals surface area contributed by atoms with E-state index in [1.165, 1.54) is 19.3 Å². The fraction of sp³-hybridized carbons (Fsp3) is 0.538. The van der Waals surface area contributed by atoms with E-state index in [4.69, 9.17) is 0 Å². The van der Waals surface area contributed by atoms with Crippen molar-refractivity contribution < 1.29 is 4.92 Å². The third-order valence-corrected chi connectivity index (χ3v) is 3.39. The summed E-state index contributed by atoms with van der Waals surface area (Å²) in [5, 5.41) is 14.1. The van der Waals surface area contributed by atoms with Gasteiger partial charge in [0.2, 0.25) is 0 Å². The minimum Gasteiger partial charge on any atom is -0.379 e. The van der Waals surface area contributed by atoms with E-state index in [9.17, 15) is 10.1 Å². The number of fused-ring (bicyclic) bond motifs is 1. The number of nitrogens with one attached hydrogen (secondary N) is 1. The van der Waals surface area contributed by atoms with E-state index >= 15 is 0 Å². The van der Waals surface area contributed by atoms with Crippen LogP contribution in [0, 0.1) is 10.1 Å². The second kappa shape index (κ2) is 5.17. The van der Waals surface area contributed by atoms with Gasteiger partial charge in [-0.15, -0.1) is 0 Å². The lowest BCUT2D eigenvalue weighted by Crippen LogP contribution is -2.01. The lowest BCUT2D eigenvalue weighted by molar-refractivity contribution is -0.383. The number of nitrogens with zero attached hydrogens (tertiary/aromatic N) is 1. The Morgan fingerprint density at radius 3 is 3.00 bits per heavy atom. The molecule has 4 nitrogen and oxygen atoms in total. The largest absolute Gasteiger partial charge is 0.379 e. The van der Waals surface area contributed by atoms with Crippen molar-refractivity contribution in [1.29, 1.82) is 0 Å². The van der Waals surface area contributed by atoms with Crippen molar-refractivity contribution in [2.45, 2.75) is 38.5 Å². The smallest absolute Gasteiger partial charge is 0.292 e. The lowest BCUT2D eigenvalue weighted by Gasteiger charge is -2.08. The Morgan fingerprint density at radius 1 is 1.47 bits per heavy atom. The molecule has 1 aromatic carbocycles. The number of para-hydroxylation sites is 1. The predicted octanol–water partition coefficient (Wildman–Crippen LogP) is 3.68. The van der Waals surface area contributed by atoms with Crippen LogP contribution in [-0.4, -0.2) is 11.5 Å². The van der Waals surface area contributed by atoms with E-state index in [1.807, 2.05) is 6.07 Å². The highest BCUT2D eigenvalue weighted by molar-refractivity contribution is 5.70. The first-order valence-electron chi connectivity index (χ1n) is 6.25. The average Bonchev–Trinajstić information content (AvgIpc) is 2.72. The highest BCUT2D eigenvalue weighted by atomic mass is 16.6. The molecular formula is C13H18N2O2. The molecule has 0 aromatic heterocycles. The number of nitro groups is 1. The molecule has 92 valence electrons. The monoisotopic (exact) mass is 234 g/mol. The number of rotatable bonds is 5. The molecule has 4 heteroatoms. The second-order valence-electron chi connectivity index (χ2n) is 4.57. The van der Waals surface area contributed by atoms with Crippen LogP contribution in [0.1, 0.15) is 44.1 Å². The first kappa shape index (κ1) is 11.9. The Kier molecular flexibility index (Phi) is 3.61. The Hall–Kier alpha value is -1.58. The van der Waals surface area contributed by atoms with Crippen LogP contribution in [0.3, 0.4) is 0 Å². The van der Waals surface area contributed by atoms with Crippen LogP contribution in [0.4, 0.5) is 11.4 Å². The zero-order valence-corrected chi connectivity index (χ0v) is 10.1. The first-order chi connectivity index (χ1) is 8.24. The zero-order valence-electron chi connectivity index (χ0n) is 10.1. The second-order valence-corrected chi connectivity index (χ2v) is 4.57. The van der Waals surface area contributed by atoms with Crippen molar-refractivity contribution in [2.75, 3.05) is 11.9 Å². The van der Waals surface area contributed by atoms with Crippen molar-refractivity contribution in [3.05, 3.63) is 33.9 Å². The molecule has 1 unspecified atom stereocenters. The van der Waals surface area contributed by atoms with Gasteiger partial charge in [-0.05, 0) is 12.0 Å². The molecule has 1 aromatic rings. The van der Waals surface area contributed by atoms with Crippen molar-refractivity contribution in [1.82, 2.24) is 0 Å². The van der Waals surface area contributed by atoms with Crippen molar-refractivity contribution >= 4 is 11.4 Å². The van der Waals surface area contributed by atoms with Crippen molar-refractivity contribution in [2.24, 2.45) is 0 Å². The lowest BCUT2D eigenvalue weighted by atomic mass is 9.95. The van der Waals surface area contributed by atoms with Gasteiger partial charge in [0, 0.05) is 18.5 Å². The summed E-state index contributed by atoms with van der Waals surface area (Å²) in [6, 6.07) is 5.37. The van der Waals surface area contributed by atoms with Gasteiger partial charge >= 0.3 is 0 Å². The molecule has 1 heterocycles. The van der Waals surface area contributed by atoms with Crippen LogP contribution >= 0.6 is 0 Å². The maximum Gasteiger partial charge on any atom is 0.292 e. The van der Waals surface area contributed by atoms with Crippen LogP contribution in [0.2, 0.25) is 0 Å². The predicted molar refractivity (Wildman–Crippen MR) is 68.5 cm³/mol. The van der Waals surface area contributed by atoms with Crippen LogP contribution in [0.5, 0.6) is 0 Å². The normalized spacial score (nSPS) is 17.6. The third kappa shape index (κ3) is 2.40. The highest BCUT2D eigenvalue weighted by Gasteiger charge is 2.27. The fourth-order valence-electron chi connectivity index (χ4n) is 2.48. The summed E-state index contributed by atoms with van der Waals surface area (Å²) in [6.07, 6.45) is 4.77. The van der Waals surface area contributed by atoms with Gasteiger partial charge in [-0.25, -0.2) is 0 Å². The van der Waals surface area contributed by atoms with Gasteiger partial charge in [-0.1, -0.05) is 38.3 Å². The summed E-state index contributed by atoms with van der Waals surface area (Å²) in [7, 11) is 0. The van der Waals surface area contributed by atoms with E-state index < -0.39 is 0 Å². The molecule has 17 heavy (non-hydrogen) atoms. The Labute approximate surface area is 101 Å². The highest BCUT2D eigenvalue weighted by Crippen LogP contribution is 2.40. The van der Waals surface area contributed by atoms with E-state index in [0.717, 1.165) is 24.2 Å². The Morgan fingerprint density at radius 2 is 2.29 bits per heavy atom. The van der Waals surface area contributed by atoms with Crippen LogP contribution < -0.4 is 5.32 Å². The first-order valence-corrected chi connectivity index (χ1v) is 6.25. The maximum atomic E-state index is 10.9. The van der Waals surface area contributed by atoms with Crippen molar-refractivity contribution in [3.8, 4) is 0 Å². The molecule has 0 saturated heterocycles. The van der Waals surface area contributed by atoms with Gasteiger partial charge in [-0.2, -0.15) is 0 Å². The van der Waals surface area contributed by atoms with E-state index in [2.05, 4.69) is 12.2 Å². The molecule has 2 rings (SSSR count). The molecule has 1 aliphatic rings. The van der Waals surface area contributed by atoms with Gasteiger partial charge < -0.3 is 5.32 Å². The average molecular weight is 234 g/mol. The molecule has 0 bridgehead atoms. The summed E-state index contributed by atoms with van der Waals surface area (Å²) < 4.78 is 0. The van der Waals surface area contributed by atoms with Crippen LogP contribution in [-0.2, 0) is 0 Å². The summed E-state index contributed by atoms with van der Waals surface area (Å²) in [4.78, 5) is 10.6. The fourth-order valence-corrected chi connectivity index (χ4v) is 2.48. The van der Waals surface area contributed by atoms with Gasteiger partial charge in [0.25, 0.3) is 5.69 Å². The third-order valence-electron chi connectivity index (χ3n) is 3.39. The molecule has 1 atom stereocenters. The summed E-state index contributed by atoms with van der Waals surface area (Å²) in [5.74, 6) is 0.441. The summed E-state index contributed by atoms with van der Waals surface area (Å²) >= 11 is 0. The van der Waals surface area contributed by atoms with E-state index in [1.54, 1.807) is 12.1 Å². The van der Waals surface area contributed by atoms with Crippen LogP contribution in [0.25, 0.3) is 0 Å². The van der Waals surface area contributed by atoms with E-state index in [-0.39, 0.29) is 10.6 Å².